The predicted molar refractivity (Wildman–Crippen MR) is 146 cm³/mol. The Morgan fingerprint density at radius 1 is 1.03 bits per heavy atom. The fourth-order valence-electron chi connectivity index (χ4n) is 4.74. The van der Waals surface area contributed by atoms with Crippen LogP contribution in [-0.2, 0) is 11.3 Å². The maximum Gasteiger partial charge on any atom is 0.254 e. The molecular weight excluding hydrogens is 478 g/mol. The van der Waals surface area contributed by atoms with Crippen LogP contribution in [0.1, 0.15) is 40.0 Å². The van der Waals surface area contributed by atoms with Crippen LogP contribution in [0.2, 0.25) is 0 Å². The monoisotopic (exact) mass is 511 g/mol. The lowest BCUT2D eigenvalue weighted by Crippen LogP contribution is -2.37. The van der Waals surface area contributed by atoms with Crippen LogP contribution in [0.5, 0.6) is 17.4 Å². The highest BCUT2D eigenvalue weighted by atomic mass is 16.5. The largest absolute Gasteiger partial charge is 0.497 e. The molecule has 3 aromatic carbocycles. The van der Waals surface area contributed by atoms with Crippen LogP contribution < -0.4 is 9.47 Å². The second-order valence-corrected chi connectivity index (χ2v) is 9.59. The molecule has 0 N–H and O–H groups in total. The van der Waals surface area contributed by atoms with Gasteiger partial charge in [0.25, 0.3) is 5.91 Å². The number of amides is 1. The number of rotatable bonds is 9. The first-order chi connectivity index (χ1) is 18.5. The summed E-state index contributed by atoms with van der Waals surface area (Å²) in [5.74, 6) is 1.86. The van der Waals surface area contributed by atoms with Crippen LogP contribution in [0.4, 0.5) is 0 Å². The van der Waals surface area contributed by atoms with E-state index in [0.29, 0.717) is 36.0 Å². The Hall–Kier alpha value is -4.10. The number of aromatic nitrogens is 2. The summed E-state index contributed by atoms with van der Waals surface area (Å²) in [6.07, 6.45) is 1.92. The van der Waals surface area contributed by atoms with Crippen molar-refractivity contribution in [3.05, 3.63) is 101 Å². The molecular formula is C31H33N3O4. The highest BCUT2D eigenvalue weighted by Gasteiger charge is 2.28. The van der Waals surface area contributed by atoms with Crippen molar-refractivity contribution in [2.75, 3.05) is 20.3 Å². The molecule has 0 saturated carbocycles. The van der Waals surface area contributed by atoms with E-state index in [4.69, 9.17) is 19.3 Å². The summed E-state index contributed by atoms with van der Waals surface area (Å²) in [7, 11) is 1.60. The maximum atomic E-state index is 13.9. The van der Waals surface area contributed by atoms with Crippen LogP contribution in [0.15, 0.2) is 78.9 Å². The van der Waals surface area contributed by atoms with Gasteiger partial charge in [-0.25, -0.2) is 4.68 Å². The van der Waals surface area contributed by atoms with Gasteiger partial charge >= 0.3 is 0 Å². The highest BCUT2D eigenvalue weighted by Crippen LogP contribution is 2.33. The summed E-state index contributed by atoms with van der Waals surface area (Å²) in [6, 6.07) is 25.1. The lowest BCUT2D eigenvalue weighted by atomic mass is 10.1. The van der Waals surface area contributed by atoms with Crippen LogP contribution in [-0.4, -0.2) is 47.0 Å². The molecule has 0 aliphatic carbocycles. The van der Waals surface area contributed by atoms with Crippen molar-refractivity contribution < 1.29 is 19.0 Å². The van der Waals surface area contributed by atoms with Gasteiger partial charge in [0, 0.05) is 18.7 Å². The van der Waals surface area contributed by atoms with Crippen molar-refractivity contribution in [3.63, 3.8) is 0 Å². The first-order valence-electron chi connectivity index (χ1n) is 12.9. The van der Waals surface area contributed by atoms with Crippen molar-refractivity contribution in [1.82, 2.24) is 14.7 Å². The lowest BCUT2D eigenvalue weighted by Gasteiger charge is -2.26. The summed E-state index contributed by atoms with van der Waals surface area (Å²) in [4.78, 5) is 15.7. The fraction of sp³-hybridized carbons (Fsp3) is 0.290. The second kappa shape index (κ2) is 11.5. The molecule has 5 rings (SSSR count). The molecule has 7 heteroatoms. The number of nitrogens with zero attached hydrogens (tertiary/aromatic N) is 3. The van der Waals surface area contributed by atoms with Crippen molar-refractivity contribution in [1.29, 1.82) is 0 Å². The van der Waals surface area contributed by atoms with Gasteiger partial charge in [-0.05, 0) is 74.7 Å². The quantitative estimate of drug-likeness (QED) is 0.271. The Bertz CT molecular complexity index is 1390. The number of para-hydroxylation sites is 1. The van der Waals surface area contributed by atoms with Gasteiger partial charge in [-0.3, -0.25) is 4.79 Å². The van der Waals surface area contributed by atoms with E-state index < -0.39 is 0 Å². The molecule has 196 valence electrons. The van der Waals surface area contributed by atoms with Gasteiger partial charge in [-0.2, -0.15) is 5.10 Å². The molecule has 0 spiro atoms. The van der Waals surface area contributed by atoms with Gasteiger partial charge < -0.3 is 19.1 Å². The van der Waals surface area contributed by atoms with Gasteiger partial charge in [0.2, 0.25) is 5.88 Å². The highest BCUT2D eigenvalue weighted by molar-refractivity contribution is 5.94. The Morgan fingerprint density at radius 3 is 2.55 bits per heavy atom. The zero-order valence-corrected chi connectivity index (χ0v) is 22.1. The lowest BCUT2D eigenvalue weighted by molar-refractivity contribution is 0.0505. The number of aryl methyl sites for hydroxylation is 2. The molecule has 1 aliphatic heterocycles. The molecule has 1 aliphatic rings. The molecule has 1 saturated heterocycles. The first-order valence-corrected chi connectivity index (χ1v) is 12.9. The van der Waals surface area contributed by atoms with E-state index in [2.05, 4.69) is 0 Å². The Balaban J connectivity index is 1.55. The van der Waals surface area contributed by atoms with E-state index in [1.807, 2.05) is 96.2 Å². The molecule has 38 heavy (non-hydrogen) atoms. The summed E-state index contributed by atoms with van der Waals surface area (Å²) >= 11 is 0. The zero-order chi connectivity index (χ0) is 26.5. The van der Waals surface area contributed by atoms with Gasteiger partial charge in [0.05, 0.1) is 36.7 Å². The van der Waals surface area contributed by atoms with E-state index >= 15 is 0 Å². The minimum absolute atomic E-state index is 0.00447. The third kappa shape index (κ3) is 5.73. The third-order valence-corrected chi connectivity index (χ3v) is 6.74. The van der Waals surface area contributed by atoms with Crippen LogP contribution >= 0.6 is 0 Å². The topological polar surface area (TPSA) is 65.8 Å². The fourth-order valence-corrected chi connectivity index (χ4v) is 4.74. The average Bonchev–Trinajstić information content (AvgIpc) is 3.56. The number of benzene rings is 3. The number of carbonyl (C=O) groups is 1. The minimum atomic E-state index is -0.0900. The average molecular weight is 512 g/mol. The van der Waals surface area contributed by atoms with Crippen LogP contribution in [0, 0.1) is 13.8 Å². The van der Waals surface area contributed by atoms with Gasteiger partial charge in [-0.15, -0.1) is 0 Å². The molecule has 1 aromatic heterocycles. The van der Waals surface area contributed by atoms with E-state index in [0.717, 1.165) is 42.0 Å². The molecule has 2 heterocycles. The molecule has 7 nitrogen and oxygen atoms in total. The number of ether oxygens (including phenoxy) is 3. The van der Waals surface area contributed by atoms with E-state index in [9.17, 15) is 4.79 Å². The van der Waals surface area contributed by atoms with E-state index in [1.165, 1.54) is 0 Å². The molecule has 1 atom stereocenters. The zero-order valence-electron chi connectivity index (χ0n) is 22.1. The molecule has 1 amide bonds. The number of hydrogen-bond acceptors (Lipinski definition) is 5. The number of hydrogen-bond donors (Lipinski definition) is 0. The van der Waals surface area contributed by atoms with Crippen LogP contribution in [0.3, 0.4) is 0 Å². The van der Waals surface area contributed by atoms with Crippen LogP contribution in [0.25, 0.3) is 5.69 Å². The molecule has 4 aromatic rings. The van der Waals surface area contributed by atoms with Gasteiger partial charge in [0.1, 0.15) is 11.5 Å². The first kappa shape index (κ1) is 25.5. The van der Waals surface area contributed by atoms with Crippen molar-refractivity contribution in [2.24, 2.45) is 0 Å². The molecule has 0 radical (unpaired) electrons. The summed E-state index contributed by atoms with van der Waals surface area (Å²) in [5, 5.41) is 4.85. The molecule has 0 unspecified atom stereocenters. The summed E-state index contributed by atoms with van der Waals surface area (Å²) in [5.41, 5.74) is 4.20. The van der Waals surface area contributed by atoms with Crippen molar-refractivity contribution >= 4 is 5.91 Å². The Morgan fingerprint density at radius 2 is 1.82 bits per heavy atom. The maximum absolute atomic E-state index is 13.9. The predicted octanol–water partition coefficient (Wildman–Crippen LogP) is 6.11. The summed E-state index contributed by atoms with van der Waals surface area (Å²) < 4.78 is 19.6. The van der Waals surface area contributed by atoms with E-state index in [1.54, 1.807) is 13.2 Å². The van der Waals surface area contributed by atoms with Gasteiger partial charge in [0.15, 0.2) is 0 Å². The van der Waals surface area contributed by atoms with Gasteiger partial charge in [-0.1, -0.05) is 36.4 Å². The molecule has 0 bridgehead atoms. The number of carbonyl (C=O) groups excluding carboxylic acids is 1. The van der Waals surface area contributed by atoms with E-state index in [-0.39, 0.29) is 12.0 Å². The Kier molecular flexibility index (Phi) is 7.75. The SMILES string of the molecule is COc1cccc(C(=O)N(Cc2c(C)nn(-c3ccccc3)c2Oc2cccc(C)c2)C[C@@H]2CCCO2)c1. The summed E-state index contributed by atoms with van der Waals surface area (Å²) in [6.45, 7) is 5.52. The smallest absolute Gasteiger partial charge is 0.254 e. The van der Waals surface area contributed by atoms with Crippen molar-refractivity contribution in [2.45, 2.75) is 39.3 Å². The number of methoxy groups -OCH3 is 1. The minimum Gasteiger partial charge on any atom is -0.497 e. The standard InChI is InChI=1S/C31H33N3O4/c1-22-10-7-15-27(18-22)38-31-29(23(2)32-34(31)25-12-5-4-6-13-25)21-33(20-28-16-9-17-37-28)30(35)24-11-8-14-26(19-24)36-3/h4-8,10-15,18-19,28H,9,16-17,20-21H2,1-3H3/t28-/m0/s1. The Labute approximate surface area is 223 Å². The van der Waals surface area contributed by atoms with Crippen molar-refractivity contribution in [3.8, 4) is 23.1 Å². The third-order valence-electron chi connectivity index (χ3n) is 6.74. The molecule has 1 fully saturated rings. The normalized spacial score (nSPS) is 14.9. The second-order valence-electron chi connectivity index (χ2n) is 9.59.